The van der Waals surface area contributed by atoms with E-state index in [4.69, 9.17) is 0 Å². The Morgan fingerprint density at radius 1 is 1.38 bits per heavy atom. The summed E-state index contributed by atoms with van der Waals surface area (Å²) in [5, 5.41) is 11.4. The van der Waals surface area contributed by atoms with Gasteiger partial charge >= 0.3 is 0 Å². The molecule has 2 aromatic rings. The molecule has 0 fully saturated rings. The van der Waals surface area contributed by atoms with Crippen LogP contribution in [-0.4, -0.2) is 10.9 Å². The second kappa shape index (κ2) is 4.26. The van der Waals surface area contributed by atoms with Gasteiger partial charge in [0.1, 0.15) is 11.5 Å². The molecule has 1 N–H and O–H groups in total. The summed E-state index contributed by atoms with van der Waals surface area (Å²) in [6.45, 7) is 1.58. The molecule has 0 radical (unpaired) electrons. The Morgan fingerprint density at radius 3 is 2.81 bits per heavy atom. The van der Waals surface area contributed by atoms with Crippen molar-refractivity contribution in [3.63, 3.8) is 0 Å². The van der Waals surface area contributed by atoms with Crippen molar-refractivity contribution in [2.45, 2.75) is 13.3 Å². The highest BCUT2D eigenvalue weighted by molar-refractivity contribution is 9.10. The average Bonchev–Trinajstić information content (AvgIpc) is 2.15. The number of Topliss-reactive ketones (excluding diaryl/α,β-unsaturated/α-hetero) is 1. The number of fused-ring (bicyclic) bond motifs is 1. The molecule has 0 aromatic heterocycles. The lowest BCUT2D eigenvalue weighted by molar-refractivity contribution is -0.116. The van der Waals surface area contributed by atoms with Crippen molar-refractivity contribution in [2.75, 3.05) is 0 Å². The van der Waals surface area contributed by atoms with E-state index in [-0.39, 0.29) is 11.5 Å². The molecule has 0 spiro atoms. The molecule has 0 aliphatic heterocycles. The summed E-state index contributed by atoms with van der Waals surface area (Å²) in [6.07, 6.45) is 0.417. The Balaban J connectivity index is 2.71. The van der Waals surface area contributed by atoms with Crippen molar-refractivity contribution in [1.29, 1.82) is 0 Å². The molecule has 82 valence electrons. The third-order valence-corrected chi connectivity index (χ3v) is 3.06. The maximum Gasteiger partial charge on any atom is 0.134 e. The van der Waals surface area contributed by atoms with Gasteiger partial charge in [-0.15, -0.1) is 0 Å². The molecule has 3 heteroatoms. The number of hydrogen-bond donors (Lipinski definition) is 1. The number of phenols is 1. The smallest absolute Gasteiger partial charge is 0.134 e. The molecule has 0 aliphatic carbocycles. The molecular weight excluding hydrogens is 268 g/mol. The molecule has 0 saturated carbocycles. The summed E-state index contributed by atoms with van der Waals surface area (Å²) in [6, 6.07) is 9.09. The van der Waals surface area contributed by atoms with Gasteiger partial charge in [-0.3, -0.25) is 4.79 Å². The van der Waals surface area contributed by atoms with E-state index in [1.54, 1.807) is 19.1 Å². The summed E-state index contributed by atoms with van der Waals surface area (Å²) in [5.41, 5.74) is 0.983. The van der Waals surface area contributed by atoms with Crippen LogP contribution in [0.4, 0.5) is 0 Å². The van der Waals surface area contributed by atoms with Gasteiger partial charge < -0.3 is 5.11 Å². The molecule has 0 aliphatic rings. The number of ketones is 1. The van der Waals surface area contributed by atoms with Crippen LogP contribution in [0.2, 0.25) is 0 Å². The van der Waals surface area contributed by atoms with Crippen LogP contribution < -0.4 is 0 Å². The highest BCUT2D eigenvalue weighted by Gasteiger charge is 2.08. The second-order valence-electron chi connectivity index (χ2n) is 3.82. The number of benzene rings is 2. The third kappa shape index (κ3) is 2.09. The number of halogens is 1. The summed E-state index contributed by atoms with van der Waals surface area (Å²) in [7, 11) is 0. The van der Waals surface area contributed by atoms with Gasteiger partial charge in [0.2, 0.25) is 0 Å². The fraction of sp³-hybridized carbons (Fsp3) is 0.154. The molecule has 0 amide bonds. The Morgan fingerprint density at radius 2 is 2.12 bits per heavy atom. The Hall–Kier alpha value is -1.35. The predicted molar refractivity (Wildman–Crippen MR) is 67.7 cm³/mol. The van der Waals surface area contributed by atoms with Gasteiger partial charge in [-0.1, -0.05) is 34.1 Å². The topological polar surface area (TPSA) is 37.3 Å². The Bertz CT molecular complexity index is 561. The number of aromatic hydroxyl groups is 1. The van der Waals surface area contributed by atoms with E-state index in [2.05, 4.69) is 15.9 Å². The second-order valence-corrected chi connectivity index (χ2v) is 4.68. The molecule has 0 bridgehead atoms. The largest absolute Gasteiger partial charge is 0.508 e. The number of hydrogen-bond acceptors (Lipinski definition) is 2. The van der Waals surface area contributed by atoms with Crippen molar-refractivity contribution in [2.24, 2.45) is 0 Å². The highest BCUT2D eigenvalue weighted by atomic mass is 79.9. The van der Waals surface area contributed by atoms with Gasteiger partial charge in [-0.2, -0.15) is 0 Å². The predicted octanol–water partition coefficient (Wildman–Crippen LogP) is 3.44. The number of phenolic OH excluding ortho intramolecular Hbond substituents is 1. The molecule has 2 aromatic carbocycles. The minimum atomic E-state index is 0.132. The molecular formula is C13H11BrO2. The van der Waals surface area contributed by atoms with E-state index in [0.717, 1.165) is 20.8 Å². The maximum atomic E-state index is 11.2. The van der Waals surface area contributed by atoms with Crippen LogP contribution in [0, 0.1) is 0 Å². The SMILES string of the molecule is CC(=O)Cc1cccc2cc(O)cc(Br)c12. The van der Waals surface area contributed by atoms with Gasteiger partial charge in [0.05, 0.1) is 0 Å². The summed E-state index contributed by atoms with van der Waals surface area (Å²) >= 11 is 3.42. The van der Waals surface area contributed by atoms with Crippen LogP contribution in [0.5, 0.6) is 5.75 Å². The first-order valence-corrected chi connectivity index (χ1v) is 5.77. The van der Waals surface area contributed by atoms with E-state index in [1.807, 2.05) is 18.2 Å². The zero-order valence-electron chi connectivity index (χ0n) is 8.83. The summed E-state index contributed by atoms with van der Waals surface area (Å²) in [5.74, 6) is 0.354. The van der Waals surface area contributed by atoms with Crippen molar-refractivity contribution in [3.8, 4) is 5.75 Å². The van der Waals surface area contributed by atoms with Crippen LogP contribution in [-0.2, 0) is 11.2 Å². The standard InChI is InChI=1S/C13H11BrO2/c1-8(15)5-9-3-2-4-10-6-11(16)7-12(14)13(9)10/h2-4,6-7,16H,5H2,1H3. The lowest BCUT2D eigenvalue weighted by Crippen LogP contribution is -1.97. The molecule has 2 rings (SSSR count). The molecule has 0 saturated heterocycles. The van der Waals surface area contributed by atoms with Crippen molar-refractivity contribution < 1.29 is 9.90 Å². The number of carbonyl (C=O) groups is 1. The molecule has 0 atom stereocenters. The molecule has 0 unspecified atom stereocenters. The van der Waals surface area contributed by atoms with Gasteiger partial charge in [0.15, 0.2) is 0 Å². The first-order valence-electron chi connectivity index (χ1n) is 4.97. The minimum Gasteiger partial charge on any atom is -0.508 e. The summed E-state index contributed by atoms with van der Waals surface area (Å²) in [4.78, 5) is 11.2. The van der Waals surface area contributed by atoms with Crippen LogP contribution in [0.15, 0.2) is 34.8 Å². The first kappa shape index (κ1) is 11.1. The van der Waals surface area contributed by atoms with E-state index in [9.17, 15) is 9.90 Å². The molecule has 16 heavy (non-hydrogen) atoms. The fourth-order valence-corrected chi connectivity index (χ4v) is 2.57. The normalized spacial score (nSPS) is 10.6. The lowest BCUT2D eigenvalue weighted by atomic mass is 10.0. The first-order chi connectivity index (χ1) is 7.58. The zero-order valence-corrected chi connectivity index (χ0v) is 10.4. The summed E-state index contributed by atoms with van der Waals surface area (Å²) < 4.78 is 0.819. The van der Waals surface area contributed by atoms with Crippen molar-refractivity contribution in [3.05, 3.63) is 40.4 Å². The quantitative estimate of drug-likeness (QED) is 0.914. The van der Waals surface area contributed by atoms with Crippen LogP contribution >= 0.6 is 15.9 Å². The fourth-order valence-electron chi connectivity index (χ4n) is 1.85. The van der Waals surface area contributed by atoms with Crippen LogP contribution in [0.3, 0.4) is 0 Å². The Labute approximate surface area is 102 Å². The Kier molecular flexibility index (Phi) is 2.97. The van der Waals surface area contributed by atoms with Crippen molar-refractivity contribution >= 4 is 32.5 Å². The maximum absolute atomic E-state index is 11.2. The number of carbonyl (C=O) groups excluding carboxylic acids is 1. The van der Waals surface area contributed by atoms with E-state index in [1.165, 1.54) is 0 Å². The minimum absolute atomic E-state index is 0.132. The van der Waals surface area contributed by atoms with Gasteiger partial charge in [-0.05, 0) is 35.4 Å². The number of rotatable bonds is 2. The average molecular weight is 279 g/mol. The lowest BCUT2D eigenvalue weighted by Gasteiger charge is -2.07. The van der Waals surface area contributed by atoms with E-state index in [0.29, 0.717) is 6.42 Å². The van der Waals surface area contributed by atoms with Gasteiger partial charge in [0, 0.05) is 10.9 Å². The highest BCUT2D eigenvalue weighted by Crippen LogP contribution is 2.31. The third-order valence-electron chi connectivity index (χ3n) is 2.44. The molecule has 2 nitrogen and oxygen atoms in total. The van der Waals surface area contributed by atoms with E-state index >= 15 is 0 Å². The van der Waals surface area contributed by atoms with Crippen LogP contribution in [0.25, 0.3) is 10.8 Å². The van der Waals surface area contributed by atoms with Gasteiger partial charge in [-0.25, -0.2) is 0 Å². The van der Waals surface area contributed by atoms with Gasteiger partial charge in [0.25, 0.3) is 0 Å². The molecule has 0 heterocycles. The van der Waals surface area contributed by atoms with Crippen LogP contribution in [0.1, 0.15) is 12.5 Å². The monoisotopic (exact) mass is 278 g/mol. The zero-order chi connectivity index (χ0) is 11.7. The van der Waals surface area contributed by atoms with E-state index < -0.39 is 0 Å². The van der Waals surface area contributed by atoms with Crippen molar-refractivity contribution in [1.82, 2.24) is 0 Å².